The molecule has 0 aromatic heterocycles. The lowest BCUT2D eigenvalue weighted by Gasteiger charge is -2.28. The van der Waals surface area contributed by atoms with Gasteiger partial charge in [-0.2, -0.15) is 5.26 Å². The van der Waals surface area contributed by atoms with Gasteiger partial charge >= 0.3 is 0 Å². The van der Waals surface area contributed by atoms with Gasteiger partial charge in [0.25, 0.3) is 0 Å². The van der Waals surface area contributed by atoms with E-state index in [0.29, 0.717) is 22.3 Å². The monoisotopic (exact) mass is 497 g/mol. The highest BCUT2D eigenvalue weighted by molar-refractivity contribution is 7.95. The average molecular weight is 498 g/mol. The van der Waals surface area contributed by atoms with Crippen LogP contribution in [0.3, 0.4) is 0 Å². The van der Waals surface area contributed by atoms with Crippen molar-refractivity contribution in [3.8, 4) is 23.7 Å². The smallest absolute Gasteiger partial charge is 0.216 e. The second-order valence-electron chi connectivity index (χ2n) is 10.7. The Morgan fingerprint density at radius 2 is 1.28 bits per heavy atom. The standard InChI is InChI=1S/C31H31NO3S/c1-30(2,3)27-19-24(20-28(29(27)33)31(4,5)6)18-26(21-32)36(34,35)25-16-14-23(15-17-25)13-12-22-10-8-7-9-11-22/h7-11,14-20,33H,1-6H3/b26-18-. The van der Waals surface area contributed by atoms with Crippen LogP contribution in [0.5, 0.6) is 5.75 Å². The summed E-state index contributed by atoms with van der Waals surface area (Å²) >= 11 is 0. The normalized spacial score (nSPS) is 12.4. The lowest BCUT2D eigenvalue weighted by molar-refractivity contribution is 0.423. The predicted octanol–water partition coefficient (Wildman–Crippen LogP) is 6.73. The lowest BCUT2D eigenvalue weighted by Crippen LogP contribution is -2.17. The van der Waals surface area contributed by atoms with Crippen molar-refractivity contribution in [2.45, 2.75) is 57.3 Å². The number of aromatic hydroxyl groups is 1. The maximum absolute atomic E-state index is 13.3. The van der Waals surface area contributed by atoms with Crippen LogP contribution in [0.2, 0.25) is 0 Å². The largest absolute Gasteiger partial charge is 0.507 e. The molecule has 5 heteroatoms. The molecule has 0 amide bonds. The minimum atomic E-state index is -4.05. The first-order valence-electron chi connectivity index (χ1n) is 11.7. The van der Waals surface area contributed by atoms with Gasteiger partial charge in [0.05, 0.1) is 4.90 Å². The number of rotatable bonds is 3. The van der Waals surface area contributed by atoms with Crippen molar-refractivity contribution in [2.75, 3.05) is 0 Å². The number of hydrogen-bond donors (Lipinski definition) is 1. The molecule has 0 aliphatic carbocycles. The fourth-order valence-electron chi connectivity index (χ4n) is 3.72. The van der Waals surface area contributed by atoms with Crippen molar-refractivity contribution >= 4 is 15.9 Å². The fraction of sp³-hybridized carbons (Fsp3) is 0.258. The molecule has 0 unspecified atom stereocenters. The van der Waals surface area contributed by atoms with E-state index in [2.05, 4.69) is 11.8 Å². The van der Waals surface area contributed by atoms with E-state index >= 15 is 0 Å². The van der Waals surface area contributed by atoms with Crippen LogP contribution in [0.1, 0.15) is 69.4 Å². The van der Waals surface area contributed by atoms with Crippen LogP contribution in [0.4, 0.5) is 0 Å². The van der Waals surface area contributed by atoms with E-state index in [1.165, 1.54) is 18.2 Å². The highest BCUT2D eigenvalue weighted by Crippen LogP contribution is 2.40. The molecule has 0 aliphatic heterocycles. The Morgan fingerprint density at radius 1 is 0.806 bits per heavy atom. The van der Waals surface area contributed by atoms with Crippen LogP contribution >= 0.6 is 0 Å². The molecule has 0 saturated carbocycles. The first kappa shape index (κ1) is 26.8. The SMILES string of the molecule is CC(C)(C)c1cc(/C=C(/C#N)S(=O)(=O)c2ccc(C#Cc3ccccc3)cc2)cc(C(C)(C)C)c1O. The summed E-state index contributed by atoms with van der Waals surface area (Å²) in [5.74, 6) is 6.26. The van der Waals surface area contributed by atoms with Crippen molar-refractivity contribution in [2.24, 2.45) is 0 Å². The molecule has 4 nitrogen and oxygen atoms in total. The molecule has 184 valence electrons. The lowest BCUT2D eigenvalue weighted by atomic mass is 9.78. The Morgan fingerprint density at radius 3 is 1.72 bits per heavy atom. The molecule has 36 heavy (non-hydrogen) atoms. The third kappa shape index (κ3) is 6.06. The number of benzene rings is 3. The molecule has 0 spiro atoms. The minimum absolute atomic E-state index is 0.0198. The predicted molar refractivity (Wildman–Crippen MR) is 145 cm³/mol. The van der Waals surface area contributed by atoms with Gasteiger partial charge in [-0.15, -0.1) is 0 Å². The van der Waals surface area contributed by atoms with E-state index in [9.17, 15) is 18.8 Å². The van der Waals surface area contributed by atoms with Gasteiger partial charge in [0.2, 0.25) is 9.84 Å². The zero-order chi connectivity index (χ0) is 26.7. The number of hydrogen-bond acceptors (Lipinski definition) is 4. The summed E-state index contributed by atoms with van der Waals surface area (Å²) in [7, 11) is -4.05. The van der Waals surface area contributed by atoms with Crippen molar-refractivity contribution in [1.29, 1.82) is 5.26 Å². The first-order chi connectivity index (χ1) is 16.7. The van der Waals surface area contributed by atoms with Crippen molar-refractivity contribution in [3.05, 3.63) is 99.5 Å². The van der Waals surface area contributed by atoms with E-state index in [1.54, 1.807) is 24.3 Å². The zero-order valence-electron chi connectivity index (χ0n) is 21.5. The van der Waals surface area contributed by atoms with Gasteiger partial charge in [0.15, 0.2) is 0 Å². The number of phenolic OH excluding ortho intramolecular Hbond substituents is 1. The zero-order valence-corrected chi connectivity index (χ0v) is 22.4. The summed E-state index contributed by atoms with van der Waals surface area (Å²) < 4.78 is 26.6. The van der Waals surface area contributed by atoms with Gasteiger partial charge in [0.1, 0.15) is 16.7 Å². The highest BCUT2D eigenvalue weighted by Gasteiger charge is 2.27. The Bertz CT molecular complexity index is 1460. The summed E-state index contributed by atoms with van der Waals surface area (Å²) in [5, 5.41) is 20.7. The van der Waals surface area contributed by atoms with Gasteiger partial charge in [-0.05, 0) is 71.0 Å². The second kappa shape index (κ2) is 10.1. The molecule has 0 heterocycles. The molecular formula is C31H31NO3S. The number of nitriles is 1. The van der Waals surface area contributed by atoms with Gasteiger partial charge in [-0.25, -0.2) is 8.42 Å². The number of sulfone groups is 1. The molecule has 3 aromatic carbocycles. The summed E-state index contributed by atoms with van der Waals surface area (Å²) in [5.41, 5.74) is 2.71. The molecule has 0 fully saturated rings. The van der Waals surface area contributed by atoms with Crippen molar-refractivity contribution in [3.63, 3.8) is 0 Å². The number of phenols is 1. The number of allylic oxidation sites excluding steroid dienone is 1. The molecule has 0 radical (unpaired) electrons. The molecule has 0 aliphatic rings. The maximum Gasteiger partial charge on any atom is 0.216 e. The van der Waals surface area contributed by atoms with Crippen LogP contribution < -0.4 is 0 Å². The fourth-order valence-corrected chi connectivity index (χ4v) is 4.87. The summed E-state index contributed by atoms with van der Waals surface area (Å²) in [6.45, 7) is 11.9. The average Bonchev–Trinajstić information content (AvgIpc) is 2.81. The van der Waals surface area contributed by atoms with E-state index < -0.39 is 9.84 Å². The van der Waals surface area contributed by atoms with E-state index in [1.807, 2.05) is 77.9 Å². The van der Waals surface area contributed by atoms with Crippen molar-refractivity contribution < 1.29 is 13.5 Å². The van der Waals surface area contributed by atoms with Gasteiger partial charge in [-0.3, -0.25) is 0 Å². The van der Waals surface area contributed by atoms with E-state index in [4.69, 9.17) is 0 Å². The van der Waals surface area contributed by atoms with Crippen LogP contribution in [0, 0.1) is 23.2 Å². The Hall–Kier alpha value is -3.80. The van der Waals surface area contributed by atoms with Crippen LogP contribution in [0.25, 0.3) is 6.08 Å². The molecule has 3 aromatic rings. The topological polar surface area (TPSA) is 78.2 Å². The van der Waals surface area contributed by atoms with Gasteiger partial charge in [0, 0.05) is 22.3 Å². The summed E-state index contributed by atoms with van der Waals surface area (Å²) in [6, 6.07) is 21.1. The molecule has 3 rings (SSSR count). The van der Waals surface area contributed by atoms with E-state index in [-0.39, 0.29) is 26.4 Å². The summed E-state index contributed by atoms with van der Waals surface area (Å²) in [6.07, 6.45) is 1.38. The van der Waals surface area contributed by atoms with E-state index in [0.717, 1.165) is 5.56 Å². The van der Waals surface area contributed by atoms with Crippen molar-refractivity contribution in [1.82, 2.24) is 0 Å². The Kier molecular flexibility index (Phi) is 7.48. The van der Waals surface area contributed by atoms with Gasteiger partial charge < -0.3 is 5.11 Å². The quantitative estimate of drug-likeness (QED) is 0.322. The molecule has 1 N–H and O–H groups in total. The third-order valence-electron chi connectivity index (χ3n) is 5.74. The van der Waals surface area contributed by atoms with Crippen LogP contribution in [-0.2, 0) is 20.7 Å². The minimum Gasteiger partial charge on any atom is -0.507 e. The molecule has 0 saturated heterocycles. The second-order valence-corrected chi connectivity index (χ2v) is 12.6. The maximum atomic E-state index is 13.3. The third-order valence-corrected chi connectivity index (χ3v) is 7.42. The highest BCUT2D eigenvalue weighted by atomic mass is 32.2. The number of nitrogens with zero attached hydrogens (tertiary/aromatic N) is 1. The molecule has 0 bridgehead atoms. The molecular weight excluding hydrogens is 466 g/mol. The first-order valence-corrected chi connectivity index (χ1v) is 13.1. The Labute approximate surface area is 214 Å². The molecule has 0 atom stereocenters. The Balaban J connectivity index is 2.04. The summed E-state index contributed by atoms with van der Waals surface area (Å²) in [4.78, 5) is -0.345. The van der Waals surface area contributed by atoms with Crippen LogP contribution in [-0.4, -0.2) is 13.5 Å². The van der Waals surface area contributed by atoms with Gasteiger partial charge in [-0.1, -0.05) is 71.6 Å². The van der Waals surface area contributed by atoms with Crippen LogP contribution in [0.15, 0.2) is 76.5 Å².